The molecule has 1 heterocycles. The predicted octanol–water partition coefficient (Wildman–Crippen LogP) is 1.36. The van der Waals surface area contributed by atoms with E-state index in [-0.39, 0.29) is 30.1 Å². The van der Waals surface area contributed by atoms with Crippen LogP contribution in [0.4, 0.5) is 4.79 Å². The van der Waals surface area contributed by atoms with Crippen LogP contribution in [0.3, 0.4) is 0 Å². The Morgan fingerprint density at radius 2 is 2.20 bits per heavy atom. The van der Waals surface area contributed by atoms with E-state index in [1.165, 1.54) is 25.7 Å². The van der Waals surface area contributed by atoms with Gasteiger partial charge in [0.15, 0.2) is 0 Å². The first-order chi connectivity index (χ1) is 9.60. The average molecular weight is 282 g/mol. The van der Waals surface area contributed by atoms with Crippen LogP contribution >= 0.6 is 0 Å². The van der Waals surface area contributed by atoms with Gasteiger partial charge in [-0.3, -0.25) is 0 Å². The minimum atomic E-state index is -0.148. The number of hydrogen-bond acceptors (Lipinski definition) is 3. The van der Waals surface area contributed by atoms with Crippen LogP contribution in [0, 0.1) is 11.3 Å². The molecule has 0 bridgehead atoms. The molecule has 2 aliphatic carbocycles. The fourth-order valence-corrected chi connectivity index (χ4v) is 4.46. The van der Waals surface area contributed by atoms with Crippen LogP contribution in [0.5, 0.6) is 0 Å². The van der Waals surface area contributed by atoms with Gasteiger partial charge < -0.3 is 20.1 Å². The SMILES string of the molecule is CC(CO)N(C)C(=O)NC1C2CCOC2C12CCCC2. The Bertz CT molecular complexity index is 381. The van der Waals surface area contributed by atoms with Gasteiger partial charge in [0.2, 0.25) is 0 Å². The van der Waals surface area contributed by atoms with E-state index in [1.807, 2.05) is 6.92 Å². The summed E-state index contributed by atoms with van der Waals surface area (Å²) in [6, 6.07) is 0.0525. The number of carbonyl (C=O) groups is 1. The third kappa shape index (κ3) is 1.94. The smallest absolute Gasteiger partial charge is 0.317 e. The Morgan fingerprint density at radius 1 is 1.50 bits per heavy atom. The number of aliphatic hydroxyl groups is 1. The lowest BCUT2D eigenvalue weighted by Gasteiger charge is -2.57. The van der Waals surface area contributed by atoms with Crippen molar-refractivity contribution in [2.75, 3.05) is 20.3 Å². The molecule has 0 aromatic rings. The summed E-state index contributed by atoms with van der Waals surface area (Å²) in [6.45, 7) is 2.69. The van der Waals surface area contributed by atoms with E-state index in [0.717, 1.165) is 13.0 Å². The van der Waals surface area contributed by atoms with Crippen molar-refractivity contribution >= 4 is 6.03 Å². The molecule has 2 saturated carbocycles. The van der Waals surface area contributed by atoms with Crippen molar-refractivity contribution in [1.29, 1.82) is 0 Å². The summed E-state index contributed by atoms with van der Waals surface area (Å²) in [4.78, 5) is 13.9. The average Bonchev–Trinajstić information content (AvgIpc) is 3.10. The first kappa shape index (κ1) is 14.1. The van der Waals surface area contributed by atoms with E-state index in [9.17, 15) is 9.90 Å². The maximum absolute atomic E-state index is 12.3. The lowest BCUT2D eigenvalue weighted by atomic mass is 9.54. The molecule has 3 fully saturated rings. The topological polar surface area (TPSA) is 61.8 Å². The molecule has 2 amide bonds. The maximum Gasteiger partial charge on any atom is 0.317 e. The third-order valence-electron chi connectivity index (χ3n) is 5.81. The van der Waals surface area contributed by atoms with Gasteiger partial charge in [-0.05, 0) is 26.2 Å². The van der Waals surface area contributed by atoms with E-state index in [4.69, 9.17) is 4.74 Å². The molecule has 4 unspecified atom stereocenters. The summed E-state index contributed by atoms with van der Waals surface area (Å²) in [5.41, 5.74) is 0.195. The van der Waals surface area contributed by atoms with Crippen LogP contribution < -0.4 is 5.32 Å². The first-order valence-electron chi connectivity index (χ1n) is 7.86. The summed E-state index contributed by atoms with van der Waals surface area (Å²) in [7, 11) is 1.75. The van der Waals surface area contributed by atoms with Crippen molar-refractivity contribution in [3.8, 4) is 0 Å². The highest BCUT2D eigenvalue weighted by molar-refractivity contribution is 5.75. The first-order valence-corrected chi connectivity index (χ1v) is 7.86. The van der Waals surface area contributed by atoms with Gasteiger partial charge in [-0.2, -0.15) is 0 Å². The standard InChI is InChI=1S/C15H26N2O3/c1-10(9-18)17(2)14(19)16-12-11-5-8-20-13(11)15(12)6-3-4-7-15/h10-13,18H,3-9H2,1-2H3,(H,16,19). The number of urea groups is 1. The third-order valence-corrected chi connectivity index (χ3v) is 5.81. The van der Waals surface area contributed by atoms with Gasteiger partial charge >= 0.3 is 6.03 Å². The lowest BCUT2D eigenvalue weighted by molar-refractivity contribution is -0.127. The molecule has 0 aromatic carbocycles. The van der Waals surface area contributed by atoms with Gasteiger partial charge in [-0.25, -0.2) is 4.79 Å². The fraction of sp³-hybridized carbons (Fsp3) is 0.933. The zero-order chi connectivity index (χ0) is 14.3. The monoisotopic (exact) mass is 282 g/mol. The highest BCUT2D eigenvalue weighted by Gasteiger charge is 2.65. The van der Waals surface area contributed by atoms with Crippen molar-refractivity contribution in [3.05, 3.63) is 0 Å². The van der Waals surface area contributed by atoms with Crippen LogP contribution in [-0.4, -0.2) is 54.5 Å². The maximum atomic E-state index is 12.3. The van der Waals surface area contributed by atoms with Crippen molar-refractivity contribution < 1.29 is 14.6 Å². The zero-order valence-electron chi connectivity index (χ0n) is 12.5. The van der Waals surface area contributed by atoms with Gasteiger partial charge in [-0.1, -0.05) is 12.8 Å². The number of likely N-dealkylation sites (N-methyl/N-ethyl adjacent to an activating group) is 1. The van der Waals surface area contributed by atoms with E-state index in [1.54, 1.807) is 11.9 Å². The molecule has 3 aliphatic rings. The summed E-state index contributed by atoms with van der Waals surface area (Å²) >= 11 is 0. The normalized spacial score (nSPS) is 35.5. The second kappa shape index (κ2) is 5.19. The summed E-state index contributed by atoms with van der Waals surface area (Å²) in [6.07, 6.45) is 6.30. The molecule has 3 rings (SSSR count). The Morgan fingerprint density at radius 3 is 2.85 bits per heavy atom. The summed E-state index contributed by atoms with van der Waals surface area (Å²) < 4.78 is 5.93. The Kier molecular flexibility index (Phi) is 3.67. The predicted molar refractivity (Wildman–Crippen MR) is 75.4 cm³/mol. The molecule has 1 saturated heterocycles. The number of amides is 2. The number of ether oxygens (including phenoxy) is 1. The lowest BCUT2D eigenvalue weighted by Crippen LogP contribution is -2.69. The minimum absolute atomic E-state index is 0.00507. The highest BCUT2D eigenvalue weighted by Crippen LogP contribution is 2.60. The number of rotatable bonds is 3. The number of fused-ring (bicyclic) bond motifs is 2. The largest absolute Gasteiger partial charge is 0.394 e. The quantitative estimate of drug-likeness (QED) is 0.821. The van der Waals surface area contributed by atoms with Crippen LogP contribution in [0.15, 0.2) is 0 Å². The van der Waals surface area contributed by atoms with Crippen LogP contribution in [0.25, 0.3) is 0 Å². The molecule has 20 heavy (non-hydrogen) atoms. The van der Waals surface area contributed by atoms with Gasteiger partial charge in [0.05, 0.1) is 18.8 Å². The Balaban J connectivity index is 1.68. The van der Waals surface area contributed by atoms with Gasteiger partial charge in [0, 0.05) is 31.0 Å². The number of nitrogens with zero attached hydrogens (tertiary/aromatic N) is 1. The van der Waals surface area contributed by atoms with Crippen LogP contribution in [-0.2, 0) is 4.74 Å². The molecule has 4 atom stereocenters. The molecule has 1 aliphatic heterocycles. The molecule has 0 radical (unpaired) electrons. The van der Waals surface area contributed by atoms with E-state index in [2.05, 4.69) is 5.32 Å². The second-order valence-electron chi connectivity index (χ2n) is 6.75. The minimum Gasteiger partial charge on any atom is -0.394 e. The molecule has 1 spiro atoms. The second-order valence-corrected chi connectivity index (χ2v) is 6.75. The van der Waals surface area contributed by atoms with Crippen molar-refractivity contribution in [3.63, 3.8) is 0 Å². The zero-order valence-corrected chi connectivity index (χ0v) is 12.5. The molecule has 5 nitrogen and oxygen atoms in total. The van der Waals surface area contributed by atoms with Crippen molar-refractivity contribution in [2.24, 2.45) is 11.3 Å². The van der Waals surface area contributed by atoms with Gasteiger partial charge in [0.1, 0.15) is 0 Å². The summed E-state index contributed by atoms with van der Waals surface area (Å²) in [5, 5.41) is 12.4. The van der Waals surface area contributed by atoms with Crippen molar-refractivity contribution in [2.45, 2.75) is 57.2 Å². The highest BCUT2D eigenvalue weighted by atomic mass is 16.5. The van der Waals surface area contributed by atoms with Crippen LogP contribution in [0.2, 0.25) is 0 Å². The molecule has 114 valence electrons. The number of hydrogen-bond donors (Lipinski definition) is 2. The number of carbonyl (C=O) groups excluding carboxylic acids is 1. The molecule has 0 aromatic heterocycles. The van der Waals surface area contributed by atoms with E-state index < -0.39 is 0 Å². The summed E-state index contributed by atoms with van der Waals surface area (Å²) in [5.74, 6) is 0.495. The molecular weight excluding hydrogens is 256 g/mol. The molecular formula is C15H26N2O3. The Labute approximate surface area is 120 Å². The fourth-order valence-electron chi connectivity index (χ4n) is 4.46. The Hall–Kier alpha value is -0.810. The number of aliphatic hydroxyl groups excluding tert-OH is 1. The van der Waals surface area contributed by atoms with Crippen molar-refractivity contribution in [1.82, 2.24) is 10.2 Å². The van der Waals surface area contributed by atoms with E-state index in [0.29, 0.717) is 12.0 Å². The van der Waals surface area contributed by atoms with Gasteiger partial charge in [0.25, 0.3) is 0 Å². The van der Waals surface area contributed by atoms with E-state index >= 15 is 0 Å². The number of nitrogens with one attached hydrogen (secondary N) is 1. The molecule has 5 heteroatoms. The molecule has 2 N–H and O–H groups in total. The van der Waals surface area contributed by atoms with Gasteiger partial charge in [-0.15, -0.1) is 0 Å². The van der Waals surface area contributed by atoms with Crippen LogP contribution in [0.1, 0.15) is 39.0 Å².